The lowest BCUT2D eigenvalue weighted by Crippen LogP contribution is -2.11. The summed E-state index contributed by atoms with van der Waals surface area (Å²) in [6.07, 6.45) is -2.19. The average Bonchev–Trinajstić information content (AvgIpc) is 2.64. The van der Waals surface area contributed by atoms with Gasteiger partial charge in [0.1, 0.15) is 23.0 Å². The lowest BCUT2D eigenvalue weighted by atomic mass is 10.0. The van der Waals surface area contributed by atoms with Crippen molar-refractivity contribution in [2.45, 2.75) is 32.4 Å². The zero-order valence-electron chi connectivity index (χ0n) is 15.4. The second-order valence-electron chi connectivity index (χ2n) is 6.65. The van der Waals surface area contributed by atoms with Crippen LogP contribution in [0.1, 0.15) is 42.0 Å². The van der Waals surface area contributed by atoms with Crippen molar-refractivity contribution in [2.75, 3.05) is 0 Å². The standard InChI is InChI=1S/C23H16F6/c1-2-3-4-14-6-10-18-17(11-14)9-8-16(22(18)26)7-5-15-12-19(24)21(20(25)13-15)23(27,28)29/h6,8-13H,2-4H2,1H3. The minimum absolute atomic E-state index is 0.0143. The molecule has 0 saturated carbocycles. The van der Waals surface area contributed by atoms with Gasteiger partial charge >= 0.3 is 6.18 Å². The molecule has 0 aliphatic heterocycles. The molecule has 0 nitrogen and oxygen atoms in total. The molecule has 0 aliphatic rings. The highest BCUT2D eigenvalue weighted by molar-refractivity contribution is 5.85. The molecule has 0 fully saturated rings. The predicted octanol–water partition coefficient (Wildman–Crippen LogP) is 7.02. The van der Waals surface area contributed by atoms with Gasteiger partial charge in [-0.2, -0.15) is 13.2 Å². The topological polar surface area (TPSA) is 0 Å². The van der Waals surface area contributed by atoms with E-state index in [1.165, 1.54) is 6.07 Å². The summed E-state index contributed by atoms with van der Waals surface area (Å²) >= 11 is 0. The third kappa shape index (κ3) is 4.56. The normalized spacial score (nSPS) is 11.4. The van der Waals surface area contributed by atoms with Gasteiger partial charge in [-0.15, -0.1) is 0 Å². The van der Waals surface area contributed by atoms with Crippen molar-refractivity contribution in [3.8, 4) is 11.8 Å². The van der Waals surface area contributed by atoms with E-state index in [0.717, 1.165) is 24.8 Å². The van der Waals surface area contributed by atoms with Crippen LogP contribution in [0, 0.1) is 29.3 Å². The number of rotatable bonds is 3. The van der Waals surface area contributed by atoms with Crippen LogP contribution in [0.5, 0.6) is 0 Å². The molecular formula is C23H16F6. The Hall–Kier alpha value is -2.94. The first-order valence-corrected chi connectivity index (χ1v) is 9.00. The number of hydrogen-bond donors (Lipinski definition) is 0. The van der Waals surface area contributed by atoms with Crippen molar-refractivity contribution in [3.05, 3.63) is 82.2 Å². The summed E-state index contributed by atoms with van der Waals surface area (Å²) in [6.45, 7) is 2.08. The van der Waals surface area contributed by atoms with E-state index >= 15 is 0 Å². The third-order valence-electron chi connectivity index (χ3n) is 4.50. The largest absolute Gasteiger partial charge is 0.422 e. The summed E-state index contributed by atoms with van der Waals surface area (Å²) in [6, 6.07) is 9.47. The fourth-order valence-electron chi connectivity index (χ4n) is 3.03. The highest BCUT2D eigenvalue weighted by Crippen LogP contribution is 2.34. The molecule has 0 radical (unpaired) electrons. The van der Waals surface area contributed by atoms with E-state index in [4.69, 9.17) is 0 Å². The zero-order valence-corrected chi connectivity index (χ0v) is 15.4. The van der Waals surface area contributed by atoms with Crippen LogP contribution in [-0.2, 0) is 12.6 Å². The summed E-state index contributed by atoms with van der Waals surface area (Å²) in [5.74, 6) is 0.652. The minimum atomic E-state index is -5.15. The maximum absolute atomic E-state index is 14.7. The quantitative estimate of drug-likeness (QED) is 0.324. The van der Waals surface area contributed by atoms with Crippen LogP contribution in [0.2, 0.25) is 0 Å². The highest BCUT2D eigenvalue weighted by Gasteiger charge is 2.37. The monoisotopic (exact) mass is 406 g/mol. The van der Waals surface area contributed by atoms with Gasteiger partial charge < -0.3 is 0 Å². The van der Waals surface area contributed by atoms with E-state index in [-0.39, 0.29) is 11.1 Å². The number of aryl methyl sites for hydroxylation is 1. The molecule has 150 valence electrons. The molecule has 3 aromatic carbocycles. The summed E-state index contributed by atoms with van der Waals surface area (Å²) in [5, 5.41) is 1.05. The molecule has 0 bridgehead atoms. The van der Waals surface area contributed by atoms with Crippen molar-refractivity contribution in [2.24, 2.45) is 0 Å². The molecule has 0 aliphatic carbocycles. The van der Waals surface area contributed by atoms with Crippen molar-refractivity contribution in [1.82, 2.24) is 0 Å². The molecule has 3 rings (SSSR count). The highest BCUT2D eigenvalue weighted by atomic mass is 19.4. The Morgan fingerprint density at radius 2 is 1.55 bits per heavy atom. The average molecular weight is 406 g/mol. The van der Waals surface area contributed by atoms with Crippen LogP contribution >= 0.6 is 0 Å². The lowest BCUT2D eigenvalue weighted by Gasteiger charge is -2.09. The molecule has 3 aromatic rings. The Morgan fingerprint density at radius 3 is 2.17 bits per heavy atom. The molecule has 0 aromatic heterocycles. The van der Waals surface area contributed by atoms with E-state index in [9.17, 15) is 26.3 Å². The molecule has 0 spiro atoms. The first kappa shape index (κ1) is 20.8. The zero-order chi connectivity index (χ0) is 21.2. The van der Waals surface area contributed by atoms with Gasteiger partial charge in [-0.05, 0) is 42.0 Å². The third-order valence-corrected chi connectivity index (χ3v) is 4.50. The molecule has 0 N–H and O–H groups in total. The van der Waals surface area contributed by atoms with E-state index in [2.05, 4.69) is 18.8 Å². The number of halogens is 6. The minimum Gasteiger partial charge on any atom is -0.206 e. The summed E-state index contributed by atoms with van der Waals surface area (Å²) in [4.78, 5) is 0. The second-order valence-corrected chi connectivity index (χ2v) is 6.65. The number of unbranched alkanes of at least 4 members (excludes halogenated alkanes) is 1. The number of alkyl halides is 3. The molecule has 0 unspecified atom stereocenters. The first-order chi connectivity index (χ1) is 13.7. The number of benzene rings is 3. The van der Waals surface area contributed by atoms with Gasteiger partial charge in [-0.3, -0.25) is 0 Å². The van der Waals surface area contributed by atoms with Crippen LogP contribution in [0.15, 0.2) is 42.5 Å². The van der Waals surface area contributed by atoms with Crippen molar-refractivity contribution >= 4 is 10.8 Å². The lowest BCUT2D eigenvalue weighted by molar-refractivity contribution is -0.142. The molecular weight excluding hydrogens is 390 g/mol. The van der Waals surface area contributed by atoms with Gasteiger partial charge in [0.05, 0.1) is 5.56 Å². The van der Waals surface area contributed by atoms with Gasteiger partial charge in [0.25, 0.3) is 0 Å². The Kier molecular flexibility index (Phi) is 5.88. The summed E-state index contributed by atoms with van der Waals surface area (Å²) in [7, 11) is 0. The van der Waals surface area contributed by atoms with Crippen LogP contribution in [0.4, 0.5) is 26.3 Å². The molecule has 0 atom stereocenters. The second kappa shape index (κ2) is 8.20. The summed E-state index contributed by atoms with van der Waals surface area (Å²) in [5.41, 5.74) is -1.21. The van der Waals surface area contributed by atoms with Crippen LogP contribution < -0.4 is 0 Å². The smallest absolute Gasteiger partial charge is 0.206 e. The molecule has 0 saturated heterocycles. The molecule has 6 heteroatoms. The SMILES string of the molecule is CCCCc1ccc2c(F)c(C#Cc3cc(F)c(C(F)(F)F)c(F)c3)ccc2c1. The van der Waals surface area contributed by atoms with Crippen LogP contribution in [0.3, 0.4) is 0 Å². The van der Waals surface area contributed by atoms with Crippen LogP contribution in [0.25, 0.3) is 10.8 Å². The van der Waals surface area contributed by atoms with Gasteiger partial charge in [-0.1, -0.05) is 49.5 Å². The molecule has 0 amide bonds. The van der Waals surface area contributed by atoms with E-state index < -0.39 is 29.2 Å². The molecule has 29 heavy (non-hydrogen) atoms. The van der Waals surface area contributed by atoms with Crippen molar-refractivity contribution in [1.29, 1.82) is 0 Å². The number of hydrogen-bond acceptors (Lipinski definition) is 0. The van der Waals surface area contributed by atoms with E-state index in [0.29, 0.717) is 22.9 Å². The van der Waals surface area contributed by atoms with Gasteiger partial charge in [0.2, 0.25) is 0 Å². The fourth-order valence-corrected chi connectivity index (χ4v) is 3.03. The van der Waals surface area contributed by atoms with E-state index in [1.54, 1.807) is 12.1 Å². The maximum atomic E-state index is 14.7. The van der Waals surface area contributed by atoms with Gasteiger partial charge in [-0.25, -0.2) is 13.2 Å². The van der Waals surface area contributed by atoms with E-state index in [1.807, 2.05) is 12.1 Å². The fraction of sp³-hybridized carbons (Fsp3) is 0.217. The predicted molar refractivity (Wildman–Crippen MR) is 99.9 cm³/mol. The first-order valence-electron chi connectivity index (χ1n) is 9.00. The molecule has 0 heterocycles. The van der Waals surface area contributed by atoms with Crippen LogP contribution in [-0.4, -0.2) is 0 Å². The van der Waals surface area contributed by atoms with Gasteiger partial charge in [0, 0.05) is 10.9 Å². The van der Waals surface area contributed by atoms with Crippen molar-refractivity contribution < 1.29 is 26.3 Å². The van der Waals surface area contributed by atoms with Gasteiger partial charge in [0.15, 0.2) is 0 Å². The van der Waals surface area contributed by atoms with Crippen molar-refractivity contribution in [3.63, 3.8) is 0 Å². The summed E-state index contributed by atoms with van der Waals surface area (Å²) < 4.78 is 79.9. The Morgan fingerprint density at radius 1 is 0.862 bits per heavy atom. The maximum Gasteiger partial charge on any atom is 0.422 e. The Bertz CT molecular complexity index is 1090. The number of fused-ring (bicyclic) bond motifs is 1. The Labute approximate surface area is 164 Å². The Balaban J connectivity index is 1.96.